The Morgan fingerprint density at radius 2 is 1.50 bits per heavy atom. The molecule has 0 aliphatic rings. The lowest BCUT2D eigenvalue weighted by atomic mass is 9.94. The third kappa shape index (κ3) is 3.10. The fraction of sp³-hybridized carbons (Fsp3) is 0.0455. The lowest BCUT2D eigenvalue weighted by molar-refractivity contribution is 0.511. The van der Waals surface area contributed by atoms with E-state index in [1.165, 1.54) is 6.07 Å². The number of anilines is 1. The van der Waals surface area contributed by atoms with Gasteiger partial charge in [0, 0.05) is 23.9 Å². The highest BCUT2D eigenvalue weighted by atomic mass is 79.9. The molecule has 0 unspecified atom stereocenters. The van der Waals surface area contributed by atoms with Gasteiger partial charge >= 0.3 is 0 Å². The van der Waals surface area contributed by atoms with E-state index >= 15 is 0 Å². The highest BCUT2D eigenvalue weighted by molar-refractivity contribution is 9.10. The minimum absolute atomic E-state index is 0.230. The molecule has 140 valence electrons. The first-order chi connectivity index (χ1) is 13.5. The van der Waals surface area contributed by atoms with Crippen LogP contribution in [0, 0.1) is 11.6 Å². The zero-order valence-electron chi connectivity index (χ0n) is 15.0. The van der Waals surface area contributed by atoms with Crippen molar-refractivity contribution in [1.29, 1.82) is 0 Å². The number of hydrogen-bond acceptors (Lipinski definition) is 2. The van der Waals surface area contributed by atoms with Crippen LogP contribution in [0.4, 0.5) is 14.5 Å². The van der Waals surface area contributed by atoms with Gasteiger partial charge in [0.15, 0.2) is 11.6 Å². The number of hydrogen-bond donors (Lipinski definition) is 1. The fourth-order valence-electron chi connectivity index (χ4n) is 3.32. The average molecular weight is 440 g/mol. The number of halogens is 3. The van der Waals surface area contributed by atoms with E-state index in [1.54, 1.807) is 29.1 Å². The standard InChI is InChI=1S/C22H16BrF2N3/c1-28-22(17(23)12-27-28)20-15(4-3-7-19(20)26)13-8-10-14(11-9-13)16-5-2-6-18(24)21(16)25/h2-12H,26H2,1H3. The van der Waals surface area contributed by atoms with Crippen LogP contribution < -0.4 is 5.73 Å². The molecule has 4 rings (SSSR count). The van der Waals surface area contributed by atoms with Crippen molar-refractivity contribution in [3.63, 3.8) is 0 Å². The third-order valence-electron chi connectivity index (χ3n) is 4.69. The minimum atomic E-state index is -0.860. The van der Waals surface area contributed by atoms with Crippen molar-refractivity contribution in [2.75, 3.05) is 5.73 Å². The molecular formula is C22H16BrF2N3. The summed E-state index contributed by atoms with van der Waals surface area (Å²) in [5, 5.41) is 4.28. The molecule has 4 aromatic rings. The zero-order valence-corrected chi connectivity index (χ0v) is 16.5. The molecule has 0 bridgehead atoms. The Labute approximate surface area is 169 Å². The van der Waals surface area contributed by atoms with E-state index in [2.05, 4.69) is 21.0 Å². The summed E-state index contributed by atoms with van der Waals surface area (Å²) in [4.78, 5) is 0. The number of aryl methyl sites for hydroxylation is 1. The molecule has 2 N–H and O–H groups in total. The first-order valence-electron chi connectivity index (χ1n) is 8.58. The van der Waals surface area contributed by atoms with E-state index in [9.17, 15) is 8.78 Å². The third-order valence-corrected chi connectivity index (χ3v) is 5.27. The van der Waals surface area contributed by atoms with Crippen molar-refractivity contribution in [3.05, 3.63) is 83.0 Å². The fourth-order valence-corrected chi connectivity index (χ4v) is 3.87. The topological polar surface area (TPSA) is 43.8 Å². The summed E-state index contributed by atoms with van der Waals surface area (Å²) < 4.78 is 30.2. The summed E-state index contributed by atoms with van der Waals surface area (Å²) in [6, 6.07) is 17.2. The molecule has 0 radical (unpaired) electrons. The maximum absolute atomic E-state index is 14.1. The molecule has 3 aromatic carbocycles. The largest absolute Gasteiger partial charge is 0.398 e. The molecule has 0 aliphatic carbocycles. The predicted molar refractivity (Wildman–Crippen MR) is 112 cm³/mol. The van der Waals surface area contributed by atoms with Crippen LogP contribution in [-0.2, 0) is 7.05 Å². The van der Waals surface area contributed by atoms with Crippen LogP contribution in [0.1, 0.15) is 0 Å². The van der Waals surface area contributed by atoms with E-state index in [-0.39, 0.29) is 5.56 Å². The predicted octanol–water partition coefficient (Wildman–Crippen LogP) is 6.04. The van der Waals surface area contributed by atoms with Gasteiger partial charge < -0.3 is 5.73 Å². The Morgan fingerprint density at radius 1 is 0.893 bits per heavy atom. The molecule has 0 saturated heterocycles. The molecule has 0 fully saturated rings. The van der Waals surface area contributed by atoms with Crippen molar-refractivity contribution in [2.45, 2.75) is 0 Å². The highest BCUT2D eigenvalue weighted by Gasteiger charge is 2.17. The second kappa shape index (κ2) is 7.20. The van der Waals surface area contributed by atoms with Crippen molar-refractivity contribution in [1.82, 2.24) is 9.78 Å². The van der Waals surface area contributed by atoms with Crippen molar-refractivity contribution in [2.24, 2.45) is 7.05 Å². The normalized spacial score (nSPS) is 11.0. The maximum atomic E-state index is 14.1. The second-order valence-corrected chi connectivity index (χ2v) is 7.27. The highest BCUT2D eigenvalue weighted by Crippen LogP contribution is 2.40. The molecular weight excluding hydrogens is 424 g/mol. The van der Waals surface area contributed by atoms with Crippen LogP contribution in [0.2, 0.25) is 0 Å². The zero-order chi connectivity index (χ0) is 19.8. The van der Waals surface area contributed by atoms with Crippen LogP contribution in [0.5, 0.6) is 0 Å². The van der Waals surface area contributed by atoms with Gasteiger partial charge in [0.1, 0.15) is 0 Å². The summed E-state index contributed by atoms with van der Waals surface area (Å²) >= 11 is 3.54. The molecule has 1 aromatic heterocycles. The van der Waals surface area contributed by atoms with Gasteiger partial charge in [-0.15, -0.1) is 0 Å². The molecule has 0 aliphatic heterocycles. The van der Waals surface area contributed by atoms with E-state index in [0.717, 1.165) is 32.9 Å². The molecule has 0 spiro atoms. The number of nitrogens with zero attached hydrogens (tertiary/aromatic N) is 2. The van der Waals surface area contributed by atoms with Crippen LogP contribution in [0.3, 0.4) is 0 Å². The quantitative estimate of drug-likeness (QED) is 0.395. The van der Waals surface area contributed by atoms with Gasteiger partial charge in [0.2, 0.25) is 0 Å². The van der Waals surface area contributed by atoms with Crippen LogP contribution >= 0.6 is 15.9 Å². The molecule has 0 atom stereocenters. The van der Waals surface area contributed by atoms with E-state index in [0.29, 0.717) is 11.3 Å². The number of nitrogen functional groups attached to an aromatic ring is 1. The molecule has 28 heavy (non-hydrogen) atoms. The van der Waals surface area contributed by atoms with Gasteiger partial charge in [-0.3, -0.25) is 4.68 Å². The van der Waals surface area contributed by atoms with E-state index < -0.39 is 11.6 Å². The number of nitrogens with two attached hydrogens (primary N) is 1. The van der Waals surface area contributed by atoms with Crippen LogP contribution in [0.15, 0.2) is 71.3 Å². The maximum Gasteiger partial charge on any atom is 0.166 e. The van der Waals surface area contributed by atoms with Crippen molar-refractivity contribution < 1.29 is 8.78 Å². The summed E-state index contributed by atoms with van der Waals surface area (Å²) in [6.07, 6.45) is 1.72. The Bertz CT molecular complexity index is 1150. The number of aromatic nitrogens is 2. The summed E-state index contributed by atoms with van der Waals surface area (Å²) in [5.74, 6) is -1.71. The summed E-state index contributed by atoms with van der Waals surface area (Å²) in [5.41, 5.74) is 11.3. The number of benzene rings is 3. The van der Waals surface area contributed by atoms with Gasteiger partial charge in [-0.1, -0.05) is 48.5 Å². The molecule has 0 amide bonds. The van der Waals surface area contributed by atoms with Gasteiger partial charge in [0.05, 0.1) is 16.4 Å². The molecule has 6 heteroatoms. The Morgan fingerprint density at radius 3 is 2.14 bits per heavy atom. The van der Waals surface area contributed by atoms with Gasteiger partial charge in [-0.2, -0.15) is 5.10 Å². The smallest absolute Gasteiger partial charge is 0.166 e. The van der Waals surface area contributed by atoms with Crippen LogP contribution in [0.25, 0.3) is 33.5 Å². The summed E-state index contributed by atoms with van der Waals surface area (Å²) in [7, 11) is 1.85. The Hall–Kier alpha value is -2.99. The summed E-state index contributed by atoms with van der Waals surface area (Å²) in [6.45, 7) is 0. The molecule has 3 nitrogen and oxygen atoms in total. The Kier molecular flexibility index (Phi) is 4.73. The lowest BCUT2D eigenvalue weighted by Crippen LogP contribution is -1.99. The van der Waals surface area contributed by atoms with Gasteiger partial charge in [-0.05, 0) is 44.8 Å². The number of rotatable bonds is 3. The minimum Gasteiger partial charge on any atom is -0.398 e. The first-order valence-corrected chi connectivity index (χ1v) is 9.38. The van der Waals surface area contributed by atoms with Crippen molar-refractivity contribution in [3.8, 4) is 33.5 Å². The molecule has 0 saturated carbocycles. The van der Waals surface area contributed by atoms with Crippen LogP contribution in [-0.4, -0.2) is 9.78 Å². The van der Waals surface area contributed by atoms with Crippen molar-refractivity contribution >= 4 is 21.6 Å². The SMILES string of the molecule is Cn1ncc(Br)c1-c1c(N)cccc1-c1ccc(-c2cccc(F)c2F)cc1. The van der Waals surface area contributed by atoms with E-state index in [1.807, 2.05) is 37.4 Å². The molecule has 1 heterocycles. The van der Waals surface area contributed by atoms with E-state index in [4.69, 9.17) is 5.73 Å². The van der Waals surface area contributed by atoms with Gasteiger partial charge in [0.25, 0.3) is 0 Å². The second-order valence-electron chi connectivity index (χ2n) is 6.41. The Balaban J connectivity index is 1.83. The lowest BCUT2D eigenvalue weighted by Gasteiger charge is -2.14. The first kappa shape index (κ1) is 18.4. The average Bonchev–Trinajstić information content (AvgIpc) is 3.02. The van der Waals surface area contributed by atoms with Gasteiger partial charge in [-0.25, -0.2) is 8.78 Å². The monoisotopic (exact) mass is 439 g/mol.